The highest BCUT2D eigenvalue weighted by Crippen LogP contribution is 2.16. The lowest BCUT2D eigenvalue weighted by Gasteiger charge is -1.85. The zero-order chi connectivity index (χ0) is 8.55. The fourth-order valence-electron chi connectivity index (χ4n) is 1.07. The Morgan fingerprint density at radius 1 is 1.67 bits per heavy atom. The summed E-state index contributed by atoms with van der Waals surface area (Å²) in [5.41, 5.74) is 5.49. The lowest BCUT2D eigenvalue weighted by molar-refractivity contribution is 0.849. The maximum Gasteiger partial charge on any atom is 0.214 e. The van der Waals surface area contributed by atoms with E-state index in [0.717, 1.165) is 22.8 Å². The Kier molecular flexibility index (Phi) is 1.73. The number of rotatable bonds is 2. The molecule has 2 rings (SSSR count). The van der Waals surface area contributed by atoms with E-state index in [-0.39, 0.29) is 0 Å². The Hall–Kier alpha value is -1.10. The SMILES string of the molecule is CCCc1nn2cc(N)nc2s1. The molecule has 2 heterocycles. The van der Waals surface area contributed by atoms with Crippen LogP contribution in [0.4, 0.5) is 5.82 Å². The summed E-state index contributed by atoms with van der Waals surface area (Å²) in [5, 5.41) is 5.44. The number of aryl methyl sites for hydroxylation is 1. The van der Waals surface area contributed by atoms with E-state index in [0.29, 0.717) is 5.82 Å². The molecular weight excluding hydrogens is 172 g/mol. The van der Waals surface area contributed by atoms with Gasteiger partial charge >= 0.3 is 0 Å². The van der Waals surface area contributed by atoms with Crippen molar-refractivity contribution in [2.45, 2.75) is 19.8 Å². The van der Waals surface area contributed by atoms with E-state index in [1.807, 2.05) is 0 Å². The predicted octanol–water partition coefficient (Wildman–Crippen LogP) is 1.33. The topological polar surface area (TPSA) is 56.2 Å². The van der Waals surface area contributed by atoms with Gasteiger partial charge in [-0.25, -0.2) is 9.50 Å². The number of fused-ring (bicyclic) bond motifs is 1. The number of imidazole rings is 1. The third-order valence-electron chi connectivity index (χ3n) is 1.57. The molecule has 0 aromatic carbocycles. The molecule has 0 aliphatic rings. The first kappa shape index (κ1) is 7.54. The van der Waals surface area contributed by atoms with Gasteiger partial charge in [0.15, 0.2) is 0 Å². The van der Waals surface area contributed by atoms with Crippen LogP contribution in [-0.4, -0.2) is 14.6 Å². The number of nitrogens with two attached hydrogens (primary N) is 1. The van der Waals surface area contributed by atoms with Gasteiger partial charge in [0.1, 0.15) is 10.8 Å². The number of hydrogen-bond acceptors (Lipinski definition) is 4. The van der Waals surface area contributed by atoms with Crippen LogP contribution in [0.15, 0.2) is 6.20 Å². The molecule has 2 N–H and O–H groups in total. The Balaban J connectivity index is 2.43. The normalized spacial score (nSPS) is 11.1. The highest BCUT2D eigenvalue weighted by Gasteiger charge is 2.04. The summed E-state index contributed by atoms with van der Waals surface area (Å²) in [5.74, 6) is 0.539. The molecule has 0 bridgehead atoms. The van der Waals surface area contributed by atoms with Crippen molar-refractivity contribution in [3.05, 3.63) is 11.2 Å². The van der Waals surface area contributed by atoms with Crippen molar-refractivity contribution >= 4 is 22.1 Å². The van der Waals surface area contributed by atoms with Crippen molar-refractivity contribution in [3.8, 4) is 0 Å². The summed E-state index contributed by atoms with van der Waals surface area (Å²) in [6.45, 7) is 2.14. The first-order valence-electron chi connectivity index (χ1n) is 3.90. The first-order chi connectivity index (χ1) is 5.79. The van der Waals surface area contributed by atoms with Crippen LogP contribution >= 0.6 is 11.3 Å². The second-order valence-corrected chi connectivity index (χ2v) is 3.68. The van der Waals surface area contributed by atoms with Crippen LogP contribution in [-0.2, 0) is 6.42 Å². The molecule has 0 atom stereocenters. The standard InChI is InChI=1S/C7H10N4S/c1-2-3-6-10-11-4-5(8)9-7(11)12-6/h4H,2-3,8H2,1H3. The van der Waals surface area contributed by atoms with Crippen LogP contribution < -0.4 is 5.73 Å². The third kappa shape index (κ3) is 1.16. The van der Waals surface area contributed by atoms with Gasteiger partial charge in [-0.3, -0.25) is 0 Å². The van der Waals surface area contributed by atoms with Crippen molar-refractivity contribution < 1.29 is 0 Å². The molecule has 0 amide bonds. The largest absolute Gasteiger partial charge is 0.382 e. The minimum atomic E-state index is 0.539. The van der Waals surface area contributed by atoms with Crippen molar-refractivity contribution in [1.29, 1.82) is 0 Å². The zero-order valence-electron chi connectivity index (χ0n) is 6.82. The molecule has 0 saturated carbocycles. The highest BCUT2D eigenvalue weighted by molar-refractivity contribution is 7.16. The van der Waals surface area contributed by atoms with Crippen LogP contribution in [0.3, 0.4) is 0 Å². The molecule has 0 saturated heterocycles. The monoisotopic (exact) mass is 182 g/mol. The fourth-order valence-corrected chi connectivity index (χ4v) is 2.06. The number of anilines is 1. The van der Waals surface area contributed by atoms with Gasteiger partial charge in [0.2, 0.25) is 4.96 Å². The van der Waals surface area contributed by atoms with Crippen molar-refractivity contribution in [1.82, 2.24) is 14.6 Å². The molecule has 0 radical (unpaired) electrons. The lowest BCUT2D eigenvalue weighted by atomic mass is 10.4. The number of nitrogen functional groups attached to an aromatic ring is 1. The molecule has 12 heavy (non-hydrogen) atoms. The van der Waals surface area contributed by atoms with Crippen molar-refractivity contribution in [2.24, 2.45) is 0 Å². The summed E-state index contributed by atoms with van der Waals surface area (Å²) < 4.78 is 1.74. The minimum absolute atomic E-state index is 0.539. The third-order valence-corrected chi connectivity index (χ3v) is 2.55. The molecule has 0 spiro atoms. The molecular formula is C7H10N4S. The maximum absolute atomic E-state index is 5.49. The average molecular weight is 182 g/mol. The van der Waals surface area contributed by atoms with E-state index in [4.69, 9.17) is 5.73 Å². The van der Waals surface area contributed by atoms with Gasteiger partial charge in [-0.15, -0.1) is 0 Å². The van der Waals surface area contributed by atoms with Gasteiger partial charge < -0.3 is 5.73 Å². The number of nitrogens with zero attached hydrogens (tertiary/aromatic N) is 3. The molecule has 4 nitrogen and oxygen atoms in total. The molecule has 5 heteroatoms. The minimum Gasteiger partial charge on any atom is -0.382 e. The van der Waals surface area contributed by atoms with Gasteiger partial charge in [-0.1, -0.05) is 18.3 Å². The molecule has 0 fully saturated rings. The average Bonchev–Trinajstić information content (AvgIpc) is 2.44. The summed E-state index contributed by atoms with van der Waals surface area (Å²) >= 11 is 1.60. The smallest absolute Gasteiger partial charge is 0.214 e. The molecule has 2 aromatic heterocycles. The van der Waals surface area contributed by atoms with E-state index in [2.05, 4.69) is 17.0 Å². The van der Waals surface area contributed by atoms with Crippen molar-refractivity contribution in [3.63, 3.8) is 0 Å². The van der Waals surface area contributed by atoms with Gasteiger partial charge in [0.25, 0.3) is 0 Å². The molecule has 0 unspecified atom stereocenters. The highest BCUT2D eigenvalue weighted by atomic mass is 32.1. The summed E-state index contributed by atoms with van der Waals surface area (Å²) in [7, 11) is 0. The van der Waals surface area contributed by atoms with Crippen LogP contribution in [0.1, 0.15) is 18.4 Å². The van der Waals surface area contributed by atoms with Crippen LogP contribution in [0.5, 0.6) is 0 Å². The van der Waals surface area contributed by atoms with Gasteiger partial charge in [0, 0.05) is 6.42 Å². The van der Waals surface area contributed by atoms with Crippen molar-refractivity contribution in [2.75, 3.05) is 5.73 Å². The lowest BCUT2D eigenvalue weighted by Crippen LogP contribution is -1.86. The van der Waals surface area contributed by atoms with Crippen LogP contribution in [0.25, 0.3) is 4.96 Å². The van der Waals surface area contributed by atoms with Gasteiger partial charge in [0.05, 0.1) is 6.20 Å². The quantitative estimate of drug-likeness (QED) is 0.762. The summed E-state index contributed by atoms with van der Waals surface area (Å²) in [6, 6.07) is 0. The van der Waals surface area contributed by atoms with E-state index in [1.54, 1.807) is 22.0 Å². The maximum atomic E-state index is 5.49. The first-order valence-corrected chi connectivity index (χ1v) is 4.72. The Labute approximate surface area is 74.0 Å². The van der Waals surface area contributed by atoms with Crippen LogP contribution in [0, 0.1) is 0 Å². The summed E-state index contributed by atoms with van der Waals surface area (Å²) in [4.78, 5) is 5.00. The molecule has 64 valence electrons. The number of hydrogen-bond donors (Lipinski definition) is 1. The van der Waals surface area contributed by atoms with E-state index >= 15 is 0 Å². The number of aromatic nitrogens is 3. The van der Waals surface area contributed by atoms with Gasteiger partial charge in [-0.05, 0) is 6.42 Å². The van der Waals surface area contributed by atoms with E-state index in [9.17, 15) is 0 Å². The predicted molar refractivity (Wildman–Crippen MR) is 49.3 cm³/mol. The van der Waals surface area contributed by atoms with Gasteiger partial charge in [-0.2, -0.15) is 5.10 Å². The fraction of sp³-hybridized carbons (Fsp3) is 0.429. The summed E-state index contributed by atoms with van der Waals surface area (Å²) in [6.07, 6.45) is 3.88. The Morgan fingerprint density at radius 3 is 3.17 bits per heavy atom. The Morgan fingerprint density at radius 2 is 2.50 bits per heavy atom. The molecule has 0 aliphatic carbocycles. The second kappa shape index (κ2) is 2.75. The molecule has 0 aliphatic heterocycles. The van der Waals surface area contributed by atoms with Crippen LogP contribution in [0.2, 0.25) is 0 Å². The van der Waals surface area contributed by atoms with E-state index < -0.39 is 0 Å². The second-order valence-electron chi connectivity index (χ2n) is 2.64. The molecule has 2 aromatic rings. The zero-order valence-corrected chi connectivity index (χ0v) is 7.64. The Bertz CT molecular complexity index is 357. The van der Waals surface area contributed by atoms with E-state index in [1.165, 1.54) is 0 Å².